The van der Waals surface area contributed by atoms with Crippen LogP contribution in [0.1, 0.15) is 73.9 Å². The van der Waals surface area contributed by atoms with E-state index in [0.29, 0.717) is 0 Å². The van der Waals surface area contributed by atoms with Gasteiger partial charge in [0.05, 0.1) is 0 Å². The van der Waals surface area contributed by atoms with Gasteiger partial charge in [-0.2, -0.15) is 0 Å². The Kier molecular flexibility index (Phi) is 7.51. The Labute approximate surface area is 248 Å². The molecule has 0 N–H and O–H groups in total. The van der Waals surface area contributed by atoms with Gasteiger partial charge in [-0.05, 0) is 106 Å². The lowest BCUT2D eigenvalue weighted by molar-refractivity contribution is 0.922. The molecule has 4 aromatic rings. The fraction of sp³-hybridized carbons (Fsp3) is 0.300. The summed E-state index contributed by atoms with van der Waals surface area (Å²) in [6.07, 6.45) is 6.81. The van der Waals surface area contributed by atoms with Crippen LogP contribution in [0.25, 0.3) is 32.6 Å². The molecule has 0 aromatic heterocycles. The van der Waals surface area contributed by atoms with Crippen molar-refractivity contribution in [1.29, 1.82) is 0 Å². The van der Waals surface area contributed by atoms with Crippen molar-refractivity contribution in [3.8, 4) is 22.3 Å². The predicted molar refractivity (Wildman–Crippen MR) is 182 cm³/mol. The van der Waals surface area contributed by atoms with Crippen molar-refractivity contribution in [2.45, 2.75) is 79.3 Å². The molecule has 2 aliphatic carbocycles. The molecule has 0 radical (unpaired) electrons. The maximum atomic E-state index is 2.62. The van der Waals surface area contributed by atoms with Gasteiger partial charge in [0.2, 0.25) is 0 Å². The lowest BCUT2D eigenvalue weighted by Crippen LogP contribution is -2.31. The van der Waals surface area contributed by atoms with Crippen LogP contribution >= 0.6 is 0 Å². The van der Waals surface area contributed by atoms with Crippen molar-refractivity contribution in [3.05, 3.63) is 129 Å². The molecule has 0 spiro atoms. The smallest absolute Gasteiger partial charge is 0.0686 e. The number of fused-ring (bicyclic) bond motifs is 2. The normalized spacial score (nSPS) is 14.6. The van der Waals surface area contributed by atoms with Crippen molar-refractivity contribution in [1.82, 2.24) is 0 Å². The van der Waals surface area contributed by atoms with Gasteiger partial charge >= 0.3 is 0 Å². The van der Waals surface area contributed by atoms with E-state index in [4.69, 9.17) is 0 Å². The first-order valence-corrected chi connectivity index (χ1v) is 18.7. The van der Waals surface area contributed by atoms with Gasteiger partial charge in [-0.25, -0.2) is 0 Å². The number of aryl methyl sites for hydroxylation is 2. The lowest BCUT2D eigenvalue weighted by Gasteiger charge is -2.32. The highest BCUT2D eigenvalue weighted by atomic mass is 28.3. The van der Waals surface area contributed by atoms with E-state index in [-0.39, 0.29) is 0 Å². The second kappa shape index (κ2) is 11.1. The van der Waals surface area contributed by atoms with Crippen LogP contribution in [0.2, 0.25) is 13.1 Å². The summed E-state index contributed by atoms with van der Waals surface area (Å²) in [7, 11) is -2.08. The molecule has 4 aromatic carbocycles. The monoisotopic (exact) mass is 552 g/mol. The molecule has 0 unspecified atom stereocenters. The molecule has 0 amide bonds. The maximum absolute atomic E-state index is 2.62. The quantitative estimate of drug-likeness (QED) is 0.191. The largest absolute Gasteiger partial charge is 0.113 e. The Bertz CT molecular complexity index is 1530. The van der Waals surface area contributed by atoms with Crippen molar-refractivity contribution >= 4 is 18.5 Å². The maximum Gasteiger partial charge on any atom is 0.113 e. The molecule has 0 fully saturated rings. The first-order chi connectivity index (χ1) is 19.8. The second-order valence-electron chi connectivity index (χ2n) is 12.9. The molecular formula is C40H44Si. The molecule has 0 heterocycles. The van der Waals surface area contributed by atoms with Crippen LogP contribution in [-0.2, 0) is 25.7 Å². The Hall–Kier alpha value is -3.42. The summed E-state index contributed by atoms with van der Waals surface area (Å²) in [5, 5.41) is 3.33. The van der Waals surface area contributed by atoms with Gasteiger partial charge in [0, 0.05) is 0 Å². The van der Waals surface area contributed by atoms with Crippen LogP contribution in [0.4, 0.5) is 0 Å². The van der Waals surface area contributed by atoms with Crippen molar-refractivity contribution < 1.29 is 0 Å². The molecule has 0 bridgehead atoms. The summed E-state index contributed by atoms with van der Waals surface area (Å²) in [5.74, 6) is 0. The van der Waals surface area contributed by atoms with Crippen LogP contribution in [0.5, 0.6) is 0 Å². The van der Waals surface area contributed by atoms with Gasteiger partial charge in [-0.3, -0.25) is 0 Å². The average Bonchev–Trinajstić information content (AvgIpc) is 3.50. The number of allylic oxidation sites excluding steroid dienone is 2. The fourth-order valence-electron chi connectivity index (χ4n) is 7.84. The summed E-state index contributed by atoms with van der Waals surface area (Å²) in [4.78, 5) is 0. The summed E-state index contributed by atoms with van der Waals surface area (Å²) in [5.41, 5.74) is 17.6. The Morgan fingerprint density at radius 3 is 1.29 bits per heavy atom. The van der Waals surface area contributed by atoms with Gasteiger partial charge in [0.15, 0.2) is 0 Å². The molecule has 0 nitrogen and oxygen atoms in total. The molecule has 0 saturated carbocycles. The Morgan fingerprint density at radius 1 is 0.537 bits per heavy atom. The van der Waals surface area contributed by atoms with Crippen molar-refractivity contribution in [2.75, 3.05) is 0 Å². The minimum absolute atomic E-state index is 1.07. The molecule has 2 aliphatic rings. The number of hydrogen-bond acceptors (Lipinski definition) is 0. The third-order valence-corrected chi connectivity index (χ3v) is 13.3. The number of hydrogen-bond donors (Lipinski definition) is 0. The van der Waals surface area contributed by atoms with Crippen LogP contribution in [0.3, 0.4) is 0 Å². The number of rotatable bonds is 8. The minimum atomic E-state index is -2.08. The highest BCUT2D eigenvalue weighted by Crippen LogP contribution is 2.52. The summed E-state index contributed by atoms with van der Waals surface area (Å²) in [6, 6.07) is 32.8. The zero-order valence-corrected chi connectivity index (χ0v) is 26.8. The van der Waals surface area contributed by atoms with Crippen molar-refractivity contribution in [3.63, 3.8) is 0 Å². The topological polar surface area (TPSA) is 0 Å². The van der Waals surface area contributed by atoms with E-state index in [2.05, 4.69) is 126 Å². The number of benzene rings is 4. The summed E-state index contributed by atoms with van der Waals surface area (Å²) < 4.78 is 0. The molecule has 208 valence electrons. The molecule has 0 saturated heterocycles. The van der Waals surface area contributed by atoms with Crippen LogP contribution < -0.4 is 0 Å². The van der Waals surface area contributed by atoms with Crippen LogP contribution in [-0.4, -0.2) is 8.07 Å². The third-order valence-electron chi connectivity index (χ3n) is 9.42. The molecule has 41 heavy (non-hydrogen) atoms. The van der Waals surface area contributed by atoms with E-state index in [1.807, 2.05) is 0 Å². The predicted octanol–water partition coefficient (Wildman–Crippen LogP) is 11.1. The average molecular weight is 553 g/mol. The van der Waals surface area contributed by atoms with E-state index in [1.54, 1.807) is 21.5 Å². The summed E-state index contributed by atoms with van der Waals surface area (Å²) >= 11 is 0. The lowest BCUT2D eigenvalue weighted by atomic mass is 9.95. The molecule has 0 atom stereocenters. The zero-order valence-electron chi connectivity index (χ0n) is 25.8. The molecule has 1 heteroatoms. The van der Waals surface area contributed by atoms with Crippen LogP contribution in [0, 0.1) is 0 Å². The van der Waals surface area contributed by atoms with Crippen molar-refractivity contribution in [2.24, 2.45) is 0 Å². The van der Waals surface area contributed by atoms with E-state index >= 15 is 0 Å². The molecule has 6 rings (SSSR count). The fourth-order valence-corrected chi connectivity index (χ4v) is 12.2. The Morgan fingerprint density at radius 2 is 0.927 bits per heavy atom. The molecular weight excluding hydrogens is 509 g/mol. The second-order valence-corrected chi connectivity index (χ2v) is 17.1. The SMILES string of the molecule is CCCc1ccc(-c2cccc3c2C([Si](C)(C)C2=C(C)Cc4cccc(-c5ccc(CCC)cc5)c42)=C(C)C3)cc1. The standard InChI is InChI=1S/C40H44Si/c1-7-11-29-17-21-31(22-18-29)35-15-9-13-33-25-27(3)39(37(33)35)41(5,6)40-28(4)26-34-14-10-16-36(38(34)40)32-23-19-30(12-8-2)20-24-32/h9-10,13-24H,7-8,11-12,25-26H2,1-6H3. The van der Waals surface area contributed by atoms with Gasteiger partial charge in [-0.1, -0.05) is 136 Å². The first-order valence-electron chi connectivity index (χ1n) is 15.7. The zero-order chi connectivity index (χ0) is 28.7. The van der Waals surface area contributed by atoms with Crippen LogP contribution in [0.15, 0.2) is 96.1 Å². The highest BCUT2D eigenvalue weighted by molar-refractivity contribution is 7.09. The van der Waals surface area contributed by atoms with E-state index in [9.17, 15) is 0 Å². The Balaban J connectivity index is 1.47. The van der Waals surface area contributed by atoms with E-state index in [0.717, 1.165) is 25.7 Å². The van der Waals surface area contributed by atoms with Gasteiger partial charge < -0.3 is 0 Å². The first kappa shape index (κ1) is 27.7. The van der Waals surface area contributed by atoms with Gasteiger partial charge in [0.25, 0.3) is 0 Å². The highest BCUT2D eigenvalue weighted by Gasteiger charge is 2.42. The molecule has 0 aliphatic heterocycles. The van der Waals surface area contributed by atoms with E-state index < -0.39 is 8.07 Å². The summed E-state index contributed by atoms with van der Waals surface area (Å²) in [6.45, 7) is 14.6. The van der Waals surface area contributed by atoms with Gasteiger partial charge in [-0.15, -0.1) is 0 Å². The minimum Gasteiger partial charge on any atom is -0.0686 e. The third kappa shape index (κ3) is 4.89. The van der Waals surface area contributed by atoms with Gasteiger partial charge in [0.1, 0.15) is 8.07 Å². The van der Waals surface area contributed by atoms with E-state index in [1.165, 1.54) is 68.5 Å².